The maximum Gasteiger partial charge on any atom is 0.261 e. The molecule has 2 bridgehead atoms. The van der Waals surface area contributed by atoms with Crippen LogP contribution in [0.4, 0.5) is 0 Å². The Labute approximate surface area is 128 Å². The van der Waals surface area contributed by atoms with Gasteiger partial charge in [-0.1, -0.05) is 18.2 Å². The van der Waals surface area contributed by atoms with Gasteiger partial charge in [0.15, 0.2) is 0 Å². The number of nitrogens with one attached hydrogen (secondary N) is 1. The number of hydrogen-bond acceptors (Lipinski definition) is 3. The first-order valence-corrected chi connectivity index (χ1v) is 8.55. The smallest absolute Gasteiger partial charge is 0.261 e. The standard InChI is InChI=1S/C17H20N2OS/c1-11-3-2-4-13-9-15(21-16(11)13)17(20)18-14-10-19-7-5-12(14)6-8-19/h2-4,9,12,14H,5-8,10H2,1H3,(H,18,20). The fourth-order valence-electron chi connectivity index (χ4n) is 3.69. The predicted octanol–water partition coefficient (Wildman–Crippen LogP) is 3.03. The van der Waals surface area contributed by atoms with E-state index in [1.807, 2.05) is 6.07 Å². The molecule has 0 saturated carbocycles. The minimum absolute atomic E-state index is 0.106. The zero-order chi connectivity index (χ0) is 14.4. The Balaban J connectivity index is 1.55. The van der Waals surface area contributed by atoms with E-state index in [1.165, 1.54) is 41.6 Å². The second-order valence-electron chi connectivity index (χ2n) is 6.32. The van der Waals surface area contributed by atoms with Crippen LogP contribution in [0.3, 0.4) is 0 Å². The van der Waals surface area contributed by atoms with Gasteiger partial charge in [0.2, 0.25) is 0 Å². The largest absolute Gasteiger partial charge is 0.347 e. The molecule has 0 aliphatic carbocycles. The van der Waals surface area contributed by atoms with Crippen molar-refractivity contribution in [3.05, 3.63) is 34.7 Å². The van der Waals surface area contributed by atoms with Gasteiger partial charge >= 0.3 is 0 Å². The third-order valence-electron chi connectivity index (χ3n) is 4.94. The van der Waals surface area contributed by atoms with Crippen molar-refractivity contribution in [2.24, 2.45) is 5.92 Å². The lowest BCUT2D eigenvalue weighted by atomic mass is 9.84. The molecular weight excluding hydrogens is 280 g/mol. The Morgan fingerprint density at radius 3 is 2.81 bits per heavy atom. The van der Waals surface area contributed by atoms with Crippen LogP contribution >= 0.6 is 11.3 Å². The molecule has 4 heterocycles. The predicted molar refractivity (Wildman–Crippen MR) is 87.0 cm³/mol. The van der Waals surface area contributed by atoms with E-state index >= 15 is 0 Å². The molecule has 1 atom stereocenters. The average Bonchev–Trinajstić information content (AvgIpc) is 2.94. The number of carbonyl (C=O) groups excluding carboxylic acids is 1. The summed E-state index contributed by atoms with van der Waals surface area (Å²) in [5, 5.41) is 4.46. The molecule has 0 spiro atoms. The summed E-state index contributed by atoms with van der Waals surface area (Å²) in [4.78, 5) is 15.9. The Morgan fingerprint density at radius 1 is 1.33 bits per heavy atom. The summed E-state index contributed by atoms with van der Waals surface area (Å²) in [5.74, 6) is 0.782. The molecule has 110 valence electrons. The number of nitrogens with zero attached hydrogens (tertiary/aromatic N) is 1. The van der Waals surface area contributed by atoms with Crippen molar-refractivity contribution in [3.63, 3.8) is 0 Å². The number of thiophene rings is 1. The minimum atomic E-state index is 0.106. The molecule has 3 aliphatic rings. The summed E-state index contributed by atoms with van der Waals surface area (Å²) in [6.45, 7) is 5.55. The van der Waals surface area contributed by atoms with E-state index in [4.69, 9.17) is 0 Å². The lowest BCUT2D eigenvalue weighted by Gasteiger charge is -2.44. The monoisotopic (exact) mass is 300 g/mol. The van der Waals surface area contributed by atoms with Gasteiger partial charge in [0, 0.05) is 17.3 Å². The van der Waals surface area contributed by atoms with E-state index in [9.17, 15) is 4.79 Å². The molecule has 5 rings (SSSR count). The summed E-state index contributed by atoms with van der Waals surface area (Å²) in [6.07, 6.45) is 2.47. The van der Waals surface area contributed by atoms with E-state index in [2.05, 4.69) is 35.3 Å². The Kier molecular flexibility index (Phi) is 3.23. The number of piperidine rings is 3. The highest BCUT2D eigenvalue weighted by molar-refractivity contribution is 7.21. The molecule has 1 N–H and O–H groups in total. The summed E-state index contributed by atoms with van der Waals surface area (Å²) in [7, 11) is 0. The molecule has 3 nitrogen and oxygen atoms in total. The number of benzene rings is 1. The van der Waals surface area contributed by atoms with Crippen molar-refractivity contribution >= 4 is 27.3 Å². The summed E-state index contributed by atoms with van der Waals surface area (Å²) < 4.78 is 1.23. The zero-order valence-electron chi connectivity index (χ0n) is 12.3. The number of amides is 1. The molecule has 0 radical (unpaired) electrons. The van der Waals surface area contributed by atoms with Crippen LogP contribution in [0.2, 0.25) is 0 Å². The van der Waals surface area contributed by atoms with Crippen LogP contribution in [0.1, 0.15) is 28.1 Å². The summed E-state index contributed by atoms with van der Waals surface area (Å²) in [5.41, 5.74) is 1.25. The van der Waals surface area contributed by atoms with Crippen LogP contribution in [-0.2, 0) is 0 Å². The van der Waals surface area contributed by atoms with E-state index < -0.39 is 0 Å². The highest BCUT2D eigenvalue weighted by Gasteiger charge is 2.35. The first kappa shape index (κ1) is 13.3. The van der Waals surface area contributed by atoms with Crippen molar-refractivity contribution in [2.75, 3.05) is 19.6 Å². The maximum atomic E-state index is 12.6. The van der Waals surface area contributed by atoms with Gasteiger partial charge in [-0.3, -0.25) is 4.79 Å². The van der Waals surface area contributed by atoms with Gasteiger partial charge < -0.3 is 10.2 Å². The van der Waals surface area contributed by atoms with Crippen LogP contribution in [0.5, 0.6) is 0 Å². The molecule has 3 fully saturated rings. The second-order valence-corrected chi connectivity index (χ2v) is 7.37. The van der Waals surface area contributed by atoms with Gasteiger partial charge in [-0.15, -0.1) is 11.3 Å². The third kappa shape index (κ3) is 2.36. The third-order valence-corrected chi connectivity index (χ3v) is 6.22. The molecule has 1 aromatic heterocycles. The van der Waals surface area contributed by atoms with Gasteiger partial charge in [0.25, 0.3) is 5.91 Å². The molecule has 3 aliphatic heterocycles. The highest BCUT2D eigenvalue weighted by Crippen LogP contribution is 2.30. The van der Waals surface area contributed by atoms with Crippen molar-refractivity contribution in [2.45, 2.75) is 25.8 Å². The number of rotatable bonds is 2. The lowest BCUT2D eigenvalue weighted by Crippen LogP contribution is -2.57. The first-order chi connectivity index (χ1) is 10.2. The maximum absolute atomic E-state index is 12.6. The van der Waals surface area contributed by atoms with Gasteiger partial charge in [0.05, 0.1) is 4.88 Å². The number of hydrogen-bond donors (Lipinski definition) is 1. The van der Waals surface area contributed by atoms with E-state index in [0.29, 0.717) is 12.0 Å². The van der Waals surface area contributed by atoms with Crippen LogP contribution < -0.4 is 5.32 Å². The Morgan fingerprint density at radius 2 is 2.14 bits per heavy atom. The minimum Gasteiger partial charge on any atom is -0.347 e. The SMILES string of the molecule is Cc1cccc2cc(C(=O)NC3CN4CCC3CC4)sc12. The average molecular weight is 300 g/mol. The van der Waals surface area contributed by atoms with Gasteiger partial charge in [-0.25, -0.2) is 0 Å². The van der Waals surface area contributed by atoms with Crippen LogP contribution in [0.25, 0.3) is 10.1 Å². The highest BCUT2D eigenvalue weighted by atomic mass is 32.1. The fraction of sp³-hybridized carbons (Fsp3) is 0.471. The molecule has 21 heavy (non-hydrogen) atoms. The number of aryl methyl sites for hydroxylation is 1. The van der Waals surface area contributed by atoms with Crippen molar-refractivity contribution in [1.82, 2.24) is 10.2 Å². The number of carbonyl (C=O) groups is 1. The Hall–Kier alpha value is -1.39. The molecule has 1 amide bonds. The normalized spacial score (nSPS) is 28.0. The van der Waals surface area contributed by atoms with Crippen LogP contribution in [-0.4, -0.2) is 36.5 Å². The molecule has 4 heteroatoms. The molecular formula is C17H20N2OS. The summed E-state index contributed by atoms with van der Waals surface area (Å²) in [6, 6.07) is 8.62. The first-order valence-electron chi connectivity index (χ1n) is 7.73. The Bertz CT molecular complexity index is 685. The topological polar surface area (TPSA) is 32.3 Å². The molecule has 1 aromatic carbocycles. The molecule has 1 unspecified atom stereocenters. The second kappa shape index (κ2) is 5.11. The van der Waals surface area contributed by atoms with Crippen molar-refractivity contribution in [3.8, 4) is 0 Å². The van der Waals surface area contributed by atoms with E-state index in [0.717, 1.165) is 11.4 Å². The lowest BCUT2D eigenvalue weighted by molar-refractivity contribution is 0.0622. The molecule has 2 aromatic rings. The van der Waals surface area contributed by atoms with Crippen LogP contribution in [0, 0.1) is 12.8 Å². The van der Waals surface area contributed by atoms with Crippen LogP contribution in [0.15, 0.2) is 24.3 Å². The quantitative estimate of drug-likeness (QED) is 0.924. The number of fused-ring (bicyclic) bond motifs is 4. The van der Waals surface area contributed by atoms with Crippen molar-refractivity contribution in [1.29, 1.82) is 0 Å². The molecule has 3 saturated heterocycles. The van der Waals surface area contributed by atoms with Gasteiger partial charge in [0.1, 0.15) is 0 Å². The zero-order valence-corrected chi connectivity index (χ0v) is 13.1. The van der Waals surface area contributed by atoms with E-state index in [1.54, 1.807) is 11.3 Å². The summed E-state index contributed by atoms with van der Waals surface area (Å²) >= 11 is 1.61. The van der Waals surface area contributed by atoms with Gasteiger partial charge in [-0.05, 0) is 55.8 Å². The fourth-order valence-corrected chi connectivity index (χ4v) is 4.72. The van der Waals surface area contributed by atoms with Gasteiger partial charge in [-0.2, -0.15) is 0 Å². The van der Waals surface area contributed by atoms with E-state index in [-0.39, 0.29) is 5.91 Å². The van der Waals surface area contributed by atoms with Crippen molar-refractivity contribution < 1.29 is 4.79 Å².